The van der Waals surface area contributed by atoms with Crippen molar-refractivity contribution in [3.8, 4) is 5.75 Å². The lowest BCUT2D eigenvalue weighted by atomic mass is 10.0. The van der Waals surface area contributed by atoms with Crippen molar-refractivity contribution in [1.82, 2.24) is 0 Å². The molecule has 17 heavy (non-hydrogen) atoms. The molecule has 0 heterocycles. The van der Waals surface area contributed by atoms with Gasteiger partial charge in [-0.25, -0.2) is 4.79 Å². The molecule has 0 aliphatic carbocycles. The maximum atomic E-state index is 11.6. The van der Waals surface area contributed by atoms with Crippen LogP contribution < -0.4 is 10.5 Å². The number of esters is 1. The summed E-state index contributed by atoms with van der Waals surface area (Å²) in [6.45, 7) is 1.19. The summed E-state index contributed by atoms with van der Waals surface area (Å²) in [4.78, 5) is 21.4. The fraction of sp³-hybridized carbons (Fsp3) is 0.364. The standard InChI is InChI=1S/C11H14N2O4/c1-8(7-13(15)16)10(12)11(14)17-9-5-3-2-4-6-9/h2-6,8,10H,7,12H2,1H3. The van der Waals surface area contributed by atoms with E-state index >= 15 is 0 Å². The number of nitrogens with zero attached hydrogens (tertiary/aromatic N) is 1. The molecule has 0 saturated carbocycles. The minimum absolute atomic E-state index is 0.356. The summed E-state index contributed by atoms with van der Waals surface area (Å²) in [6.07, 6.45) is 0. The van der Waals surface area contributed by atoms with E-state index in [1.165, 1.54) is 0 Å². The van der Waals surface area contributed by atoms with Crippen LogP contribution in [0.3, 0.4) is 0 Å². The van der Waals surface area contributed by atoms with Gasteiger partial charge in [-0.05, 0) is 12.1 Å². The van der Waals surface area contributed by atoms with E-state index in [9.17, 15) is 14.9 Å². The summed E-state index contributed by atoms with van der Waals surface area (Å²) >= 11 is 0. The van der Waals surface area contributed by atoms with Crippen LogP contribution in [0.15, 0.2) is 30.3 Å². The fourth-order valence-electron chi connectivity index (χ4n) is 1.25. The zero-order valence-electron chi connectivity index (χ0n) is 9.41. The van der Waals surface area contributed by atoms with Gasteiger partial charge in [-0.2, -0.15) is 0 Å². The molecule has 0 aromatic heterocycles. The molecular formula is C11H14N2O4. The van der Waals surface area contributed by atoms with Crippen molar-refractivity contribution < 1.29 is 14.5 Å². The van der Waals surface area contributed by atoms with Gasteiger partial charge in [0.15, 0.2) is 0 Å². The molecule has 1 rings (SSSR count). The quantitative estimate of drug-likeness (QED) is 0.355. The van der Waals surface area contributed by atoms with Crippen molar-refractivity contribution in [3.63, 3.8) is 0 Å². The third-order valence-electron chi connectivity index (χ3n) is 2.28. The van der Waals surface area contributed by atoms with E-state index in [1.807, 2.05) is 0 Å². The second-order valence-corrected chi connectivity index (χ2v) is 3.75. The highest BCUT2D eigenvalue weighted by atomic mass is 16.6. The number of hydrogen-bond donors (Lipinski definition) is 1. The molecule has 0 radical (unpaired) electrons. The van der Waals surface area contributed by atoms with Crippen molar-refractivity contribution in [1.29, 1.82) is 0 Å². The van der Waals surface area contributed by atoms with Crippen LogP contribution in [-0.4, -0.2) is 23.5 Å². The highest BCUT2D eigenvalue weighted by Crippen LogP contribution is 2.11. The Hall–Kier alpha value is -1.95. The lowest BCUT2D eigenvalue weighted by Gasteiger charge is -2.14. The van der Waals surface area contributed by atoms with E-state index in [0.717, 1.165) is 0 Å². The summed E-state index contributed by atoms with van der Waals surface area (Å²) in [5.41, 5.74) is 5.58. The van der Waals surface area contributed by atoms with E-state index in [-0.39, 0.29) is 6.54 Å². The van der Waals surface area contributed by atoms with E-state index in [0.29, 0.717) is 5.75 Å². The number of carbonyl (C=O) groups excluding carboxylic acids is 1. The second kappa shape index (κ2) is 5.95. The highest BCUT2D eigenvalue weighted by molar-refractivity contribution is 5.78. The largest absolute Gasteiger partial charge is 0.425 e. The van der Waals surface area contributed by atoms with Crippen molar-refractivity contribution in [2.75, 3.05) is 6.54 Å². The van der Waals surface area contributed by atoms with Gasteiger partial charge in [0.25, 0.3) is 0 Å². The van der Waals surface area contributed by atoms with Gasteiger partial charge in [0, 0.05) is 10.8 Å². The maximum absolute atomic E-state index is 11.6. The molecule has 1 aromatic carbocycles. The average molecular weight is 238 g/mol. The number of nitrogens with two attached hydrogens (primary N) is 1. The molecule has 6 heteroatoms. The first kappa shape index (κ1) is 13.1. The first-order chi connectivity index (χ1) is 8.00. The molecule has 6 nitrogen and oxygen atoms in total. The summed E-state index contributed by atoms with van der Waals surface area (Å²) in [5.74, 6) is -0.854. The zero-order chi connectivity index (χ0) is 12.8. The van der Waals surface area contributed by atoms with Crippen molar-refractivity contribution in [2.45, 2.75) is 13.0 Å². The SMILES string of the molecule is CC(C[N+](=O)[O-])C(N)C(=O)Oc1ccccc1. The number of rotatable bonds is 5. The molecule has 2 atom stereocenters. The molecular weight excluding hydrogens is 224 g/mol. The Morgan fingerprint density at radius 3 is 2.59 bits per heavy atom. The van der Waals surface area contributed by atoms with Crippen LogP contribution in [0.4, 0.5) is 0 Å². The monoisotopic (exact) mass is 238 g/mol. The normalized spacial score (nSPS) is 13.8. The van der Waals surface area contributed by atoms with Gasteiger partial charge in [-0.3, -0.25) is 10.1 Å². The molecule has 2 N–H and O–H groups in total. The molecule has 0 saturated heterocycles. The van der Waals surface area contributed by atoms with E-state index < -0.39 is 22.9 Å². The average Bonchev–Trinajstić information content (AvgIpc) is 2.28. The molecule has 0 aliphatic rings. The van der Waals surface area contributed by atoms with Gasteiger partial charge in [0.1, 0.15) is 11.8 Å². The Morgan fingerprint density at radius 1 is 1.47 bits per heavy atom. The molecule has 92 valence electrons. The number of para-hydroxylation sites is 1. The Bertz CT molecular complexity index is 394. The van der Waals surface area contributed by atoms with E-state index in [4.69, 9.17) is 10.5 Å². The lowest BCUT2D eigenvalue weighted by molar-refractivity contribution is -0.487. The molecule has 2 unspecified atom stereocenters. The Balaban J connectivity index is 2.55. The van der Waals surface area contributed by atoms with Gasteiger partial charge < -0.3 is 10.5 Å². The van der Waals surface area contributed by atoms with Gasteiger partial charge >= 0.3 is 5.97 Å². The van der Waals surface area contributed by atoms with Crippen LogP contribution in [0, 0.1) is 16.0 Å². The number of ether oxygens (including phenoxy) is 1. The van der Waals surface area contributed by atoms with Gasteiger partial charge in [0.05, 0.1) is 0 Å². The molecule has 0 fully saturated rings. The number of carbonyl (C=O) groups is 1. The lowest BCUT2D eigenvalue weighted by Crippen LogP contribution is -2.42. The van der Waals surface area contributed by atoms with Crippen molar-refractivity contribution in [3.05, 3.63) is 40.4 Å². The predicted octanol–water partition coefficient (Wildman–Crippen LogP) is 0.832. The smallest absolute Gasteiger partial charge is 0.328 e. The van der Waals surface area contributed by atoms with Gasteiger partial charge in [-0.15, -0.1) is 0 Å². The molecule has 1 aromatic rings. The van der Waals surface area contributed by atoms with Crippen LogP contribution in [0.25, 0.3) is 0 Å². The fourth-order valence-corrected chi connectivity index (χ4v) is 1.25. The minimum Gasteiger partial charge on any atom is -0.425 e. The minimum atomic E-state index is -0.999. The van der Waals surface area contributed by atoms with Crippen LogP contribution >= 0.6 is 0 Å². The zero-order valence-corrected chi connectivity index (χ0v) is 9.41. The first-order valence-electron chi connectivity index (χ1n) is 5.15. The predicted molar refractivity (Wildman–Crippen MR) is 61.1 cm³/mol. The Kier molecular flexibility index (Phi) is 4.59. The summed E-state index contributed by atoms with van der Waals surface area (Å²) in [6, 6.07) is 7.45. The second-order valence-electron chi connectivity index (χ2n) is 3.75. The molecule has 0 spiro atoms. The Morgan fingerprint density at radius 2 is 2.06 bits per heavy atom. The molecule has 0 bridgehead atoms. The van der Waals surface area contributed by atoms with Crippen molar-refractivity contribution in [2.24, 2.45) is 11.7 Å². The highest BCUT2D eigenvalue weighted by Gasteiger charge is 2.26. The maximum Gasteiger partial charge on any atom is 0.328 e. The van der Waals surface area contributed by atoms with Crippen molar-refractivity contribution >= 4 is 5.97 Å². The van der Waals surface area contributed by atoms with E-state index in [1.54, 1.807) is 37.3 Å². The van der Waals surface area contributed by atoms with Crippen LogP contribution in [0.1, 0.15) is 6.92 Å². The third-order valence-corrected chi connectivity index (χ3v) is 2.28. The summed E-state index contributed by atoms with van der Waals surface area (Å²) in [7, 11) is 0. The molecule has 0 amide bonds. The van der Waals surface area contributed by atoms with Crippen LogP contribution in [0.5, 0.6) is 5.75 Å². The van der Waals surface area contributed by atoms with Crippen LogP contribution in [0.2, 0.25) is 0 Å². The number of hydrogen-bond acceptors (Lipinski definition) is 5. The van der Waals surface area contributed by atoms with Gasteiger partial charge in [-0.1, -0.05) is 25.1 Å². The number of benzene rings is 1. The van der Waals surface area contributed by atoms with Crippen LogP contribution in [-0.2, 0) is 4.79 Å². The van der Waals surface area contributed by atoms with E-state index in [2.05, 4.69) is 0 Å². The number of nitro groups is 1. The first-order valence-corrected chi connectivity index (χ1v) is 5.15. The Labute approximate surface area is 98.5 Å². The summed E-state index contributed by atoms with van der Waals surface area (Å²) < 4.78 is 4.99. The third kappa shape index (κ3) is 4.20. The molecule has 0 aliphatic heterocycles. The van der Waals surface area contributed by atoms with Gasteiger partial charge in [0.2, 0.25) is 6.54 Å². The summed E-state index contributed by atoms with van der Waals surface area (Å²) in [5, 5.41) is 10.3. The topological polar surface area (TPSA) is 95.5 Å².